The van der Waals surface area contributed by atoms with Crippen molar-refractivity contribution in [3.63, 3.8) is 0 Å². The number of fused-ring (bicyclic) bond motifs is 1. The fourth-order valence-corrected chi connectivity index (χ4v) is 3.72. The van der Waals surface area contributed by atoms with Crippen LogP contribution in [-0.4, -0.2) is 45.9 Å². The Labute approximate surface area is 117 Å². The van der Waals surface area contributed by atoms with Gasteiger partial charge in [0.05, 0.1) is 11.7 Å². The van der Waals surface area contributed by atoms with Crippen molar-refractivity contribution >= 4 is 0 Å². The van der Waals surface area contributed by atoms with Crippen LogP contribution in [0.1, 0.15) is 52.9 Å². The van der Waals surface area contributed by atoms with Crippen LogP contribution in [0.2, 0.25) is 0 Å². The second-order valence-electron chi connectivity index (χ2n) is 6.89. The number of nitrogens with zero attached hydrogens (tertiary/aromatic N) is 1. The normalized spacial score (nSPS) is 37.3. The van der Waals surface area contributed by atoms with E-state index in [-0.39, 0.29) is 6.10 Å². The molecule has 2 rings (SSSR count). The Bertz CT molecular complexity index is 336. The number of allylic oxidation sites excluding steroid dienone is 1. The number of aliphatic hydroxyl groups excluding tert-OH is 1. The third-order valence-electron chi connectivity index (χ3n) is 4.63. The van der Waals surface area contributed by atoms with Crippen LogP contribution in [0.4, 0.5) is 0 Å². The molecular weight excluding hydrogens is 238 g/mol. The molecule has 0 aromatic rings. The first kappa shape index (κ1) is 15.0. The molecule has 3 heteroatoms. The summed E-state index contributed by atoms with van der Waals surface area (Å²) in [6.07, 6.45) is 7.15. The standard InChI is InChI=1S/C16H29NO2/c1-12(6-7-13(2)18)9-14-10-16(3,19)15-5-4-8-17(15)11-14/h9,12-13,15,18-19H,4-8,10-11H2,1-3H3/b14-9-/t12-,13+,15+,16+/m1/s1. The fourth-order valence-electron chi connectivity index (χ4n) is 3.72. The zero-order valence-corrected chi connectivity index (χ0v) is 12.6. The Morgan fingerprint density at radius 2 is 2.16 bits per heavy atom. The summed E-state index contributed by atoms with van der Waals surface area (Å²) in [7, 11) is 0. The lowest BCUT2D eigenvalue weighted by Crippen LogP contribution is -2.52. The van der Waals surface area contributed by atoms with Crippen molar-refractivity contribution in [1.82, 2.24) is 4.90 Å². The van der Waals surface area contributed by atoms with Gasteiger partial charge in [0.2, 0.25) is 0 Å². The van der Waals surface area contributed by atoms with Gasteiger partial charge in [-0.25, -0.2) is 0 Å². The average Bonchev–Trinajstić information content (AvgIpc) is 2.74. The summed E-state index contributed by atoms with van der Waals surface area (Å²) in [5, 5.41) is 20.0. The van der Waals surface area contributed by atoms with Gasteiger partial charge in [-0.3, -0.25) is 4.90 Å². The van der Waals surface area contributed by atoms with Crippen LogP contribution < -0.4 is 0 Å². The van der Waals surface area contributed by atoms with Gasteiger partial charge in [0.15, 0.2) is 0 Å². The van der Waals surface area contributed by atoms with E-state index in [1.54, 1.807) is 0 Å². The third-order valence-corrected chi connectivity index (χ3v) is 4.63. The van der Waals surface area contributed by atoms with Gasteiger partial charge in [-0.1, -0.05) is 18.6 Å². The van der Waals surface area contributed by atoms with E-state index in [2.05, 4.69) is 17.9 Å². The zero-order valence-electron chi connectivity index (χ0n) is 12.6. The molecule has 4 atom stereocenters. The second-order valence-corrected chi connectivity index (χ2v) is 6.89. The van der Waals surface area contributed by atoms with Gasteiger partial charge in [-0.2, -0.15) is 0 Å². The fraction of sp³-hybridized carbons (Fsp3) is 0.875. The molecule has 2 fully saturated rings. The minimum absolute atomic E-state index is 0.210. The highest BCUT2D eigenvalue weighted by Gasteiger charge is 2.43. The molecule has 2 aliphatic heterocycles. The molecule has 2 aliphatic rings. The molecule has 0 saturated carbocycles. The molecule has 2 saturated heterocycles. The number of hydrogen-bond acceptors (Lipinski definition) is 3. The summed E-state index contributed by atoms with van der Waals surface area (Å²) in [6, 6.07) is 0.359. The van der Waals surface area contributed by atoms with Gasteiger partial charge in [-0.05, 0) is 58.4 Å². The third kappa shape index (κ3) is 3.80. The molecule has 0 bridgehead atoms. The Morgan fingerprint density at radius 1 is 1.42 bits per heavy atom. The molecule has 0 aliphatic carbocycles. The molecule has 0 radical (unpaired) electrons. The number of piperidine rings is 1. The van der Waals surface area contributed by atoms with Crippen molar-refractivity contribution < 1.29 is 10.2 Å². The van der Waals surface area contributed by atoms with Crippen molar-refractivity contribution in [2.24, 2.45) is 5.92 Å². The molecule has 2 heterocycles. The van der Waals surface area contributed by atoms with Crippen LogP contribution in [0.3, 0.4) is 0 Å². The molecule has 0 spiro atoms. The van der Waals surface area contributed by atoms with Crippen LogP contribution >= 0.6 is 0 Å². The highest BCUT2D eigenvalue weighted by atomic mass is 16.3. The number of rotatable bonds is 4. The van der Waals surface area contributed by atoms with E-state index >= 15 is 0 Å². The van der Waals surface area contributed by atoms with E-state index in [0.29, 0.717) is 12.0 Å². The largest absolute Gasteiger partial charge is 0.393 e. The maximum absolute atomic E-state index is 10.6. The highest BCUT2D eigenvalue weighted by Crippen LogP contribution is 2.37. The van der Waals surface area contributed by atoms with E-state index in [1.807, 2.05) is 13.8 Å². The lowest BCUT2D eigenvalue weighted by atomic mass is 9.82. The Balaban J connectivity index is 1.97. The van der Waals surface area contributed by atoms with E-state index in [4.69, 9.17) is 0 Å². The first-order chi connectivity index (χ1) is 8.88. The Morgan fingerprint density at radius 3 is 2.84 bits per heavy atom. The van der Waals surface area contributed by atoms with E-state index in [1.165, 1.54) is 12.0 Å². The minimum Gasteiger partial charge on any atom is -0.393 e. The van der Waals surface area contributed by atoms with Gasteiger partial charge >= 0.3 is 0 Å². The van der Waals surface area contributed by atoms with Crippen molar-refractivity contribution in [3.05, 3.63) is 11.6 Å². The van der Waals surface area contributed by atoms with Crippen molar-refractivity contribution in [3.8, 4) is 0 Å². The van der Waals surface area contributed by atoms with Crippen molar-refractivity contribution in [1.29, 1.82) is 0 Å². The molecule has 0 aromatic carbocycles. The summed E-state index contributed by atoms with van der Waals surface area (Å²) in [6.45, 7) is 8.20. The maximum Gasteiger partial charge on any atom is 0.0811 e. The molecule has 2 N–H and O–H groups in total. The lowest BCUT2D eigenvalue weighted by Gasteiger charge is -2.43. The molecule has 19 heavy (non-hydrogen) atoms. The van der Waals surface area contributed by atoms with Gasteiger partial charge in [0, 0.05) is 12.6 Å². The molecule has 110 valence electrons. The van der Waals surface area contributed by atoms with Crippen LogP contribution in [0, 0.1) is 5.92 Å². The molecule has 0 unspecified atom stereocenters. The van der Waals surface area contributed by atoms with Crippen LogP contribution in [-0.2, 0) is 0 Å². The van der Waals surface area contributed by atoms with Gasteiger partial charge in [0.1, 0.15) is 0 Å². The predicted octanol–water partition coefficient (Wildman–Crippen LogP) is 2.33. The molecule has 3 nitrogen and oxygen atoms in total. The molecular formula is C16H29NO2. The zero-order chi connectivity index (χ0) is 14.0. The highest BCUT2D eigenvalue weighted by molar-refractivity contribution is 5.17. The van der Waals surface area contributed by atoms with Crippen molar-refractivity contribution in [2.75, 3.05) is 13.1 Å². The first-order valence-electron chi connectivity index (χ1n) is 7.72. The van der Waals surface area contributed by atoms with E-state index in [0.717, 1.165) is 38.8 Å². The molecule has 0 aromatic heterocycles. The summed E-state index contributed by atoms with van der Waals surface area (Å²) in [4.78, 5) is 2.44. The smallest absolute Gasteiger partial charge is 0.0811 e. The monoisotopic (exact) mass is 267 g/mol. The SMILES string of the molecule is C[C@H](O)CC[C@@H](C)/C=C1\CN2CCC[C@H]2[C@@](C)(O)C1. The maximum atomic E-state index is 10.6. The lowest BCUT2D eigenvalue weighted by molar-refractivity contribution is -0.0330. The number of aliphatic hydroxyl groups is 2. The van der Waals surface area contributed by atoms with Crippen molar-refractivity contribution in [2.45, 2.75) is 70.6 Å². The first-order valence-corrected chi connectivity index (χ1v) is 7.72. The van der Waals surface area contributed by atoms with Crippen LogP contribution in [0.5, 0.6) is 0 Å². The average molecular weight is 267 g/mol. The predicted molar refractivity (Wildman–Crippen MR) is 78.0 cm³/mol. The van der Waals surface area contributed by atoms with Crippen LogP contribution in [0.25, 0.3) is 0 Å². The van der Waals surface area contributed by atoms with Gasteiger partial charge < -0.3 is 10.2 Å². The molecule has 0 amide bonds. The van der Waals surface area contributed by atoms with Crippen LogP contribution in [0.15, 0.2) is 11.6 Å². The number of hydrogen-bond donors (Lipinski definition) is 2. The second kappa shape index (κ2) is 5.94. The summed E-state index contributed by atoms with van der Waals surface area (Å²) in [5.74, 6) is 0.486. The Kier molecular flexibility index (Phi) is 4.70. The van der Waals surface area contributed by atoms with E-state index in [9.17, 15) is 10.2 Å². The van der Waals surface area contributed by atoms with Gasteiger partial charge in [0.25, 0.3) is 0 Å². The topological polar surface area (TPSA) is 43.7 Å². The quantitative estimate of drug-likeness (QED) is 0.768. The minimum atomic E-state index is -0.565. The van der Waals surface area contributed by atoms with Gasteiger partial charge in [-0.15, -0.1) is 0 Å². The summed E-state index contributed by atoms with van der Waals surface area (Å²) < 4.78 is 0. The summed E-state index contributed by atoms with van der Waals surface area (Å²) >= 11 is 0. The summed E-state index contributed by atoms with van der Waals surface area (Å²) in [5.41, 5.74) is 0.811. The van der Waals surface area contributed by atoms with E-state index < -0.39 is 5.60 Å². The Hall–Kier alpha value is -0.380.